The summed E-state index contributed by atoms with van der Waals surface area (Å²) in [5.74, 6) is 0. The van der Waals surface area contributed by atoms with Gasteiger partial charge in [-0.3, -0.25) is 0 Å². The Bertz CT molecular complexity index is 260. The predicted molar refractivity (Wildman–Crippen MR) is 37.6 cm³/mol. The quantitative estimate of drug-likeness (QED) is 0.550. The van der Waals surface area contributed by atoms with E-state index in [1.165, 1.54) is 6.92 Å². The number of nitrogens with one attached hydrogen (secondary N) is 1. The van der Waals surface area contributed by atoms with Crippen LogP contribution in [-0.4, -0.2) is 24.8 Å². The molecule has 10 heavy (non-hydrogen) atoms. The van der Waals surface area contributed by atoms with Crippen LogP contribution in [0, 0.1) is 4.91 Å². The van der Waals surface area contributed by atoms with Gasteiger partial charge < -0.3 is 10.0 Å². The first kappa shape index (κ1) is 3.78. The smallest absolute Gasteiger partial charge is 0.209 e. The van der Waals surface area contributed by atoms with E-state index >= 15 is 0 Å². The van der Waals surface area contributed by atoms with Gasteiger partial charge >= 0.3 is 0 Å². The molecule has 0 bridgehead atoms. The predicted octanol–water partition coefficient (Wildman–Crippen LogP) is 0.477. The highest BCUT2D eigenvalue weighted by molar-refractivity contribution is 4.80. The molecule has 1 heterocycles. The Balaban J connectivity index is 3.02. The molecular formula is C6H12N2O2. The first-order valence-corrected chi connectivity index (χ1v) is 2.96. The summed E-state index contributed by atoms with van der Waals surface area (Å²) in [5.41, 5.74) is -1.54. The lowest BCUT2D eigenvalue weighted by molar-refractivity contribution is -0.0924. The van der Waals surface area contributed by atoms with Crippen LogP contribution < -0.4 is 5.31 Å². The molecule has 0 aromatic carbocycles. The average Bonchev–Trinajstić information content (AvgIpc) is 2.00. The number of ether oxygens (including phenoxy) is 1. The summed E-state index contributed by atoms with van der Waals surface area (Å²) in [6.45, 7) is -0.0735. The van der Waals surface area contributed by atoms with Crippen LogP contribution in [0.25, 0.3) is 0 Å². The lowest BCUT2D eigenvalue weighted by Crippen LogP contribution is -2.49. The fourth-order valence-electron chi connectivity index (χ4n) is 0.730. The van der Waals surface area contributed by atoms with E-state index in [9.17, 15) is 4.91 Å². The van der Waals surface area contributed by atoms with Gasteiger partial charge in [0, 0.05) is 15.8 Å². The number of hydrogen-bond donors (Lipinski definition) is 1. The van der Waals surface area contributed by atoms with Gasteiger partial charge in [0.1, 0.15) is 1.41 Å². The molecule has 2 atom stereocenters. The maximum Gasteiger partial charge on any atom is 0.209 e. The summed E-state index contributed by atoms with van der Waals surface area (Å²) < 4.78 is 34.7. The molecule has 0 aliphatic carbocycles. The molecule has 4 nitrogen and oxygen atoms in total. The Hall–Kier alpha value is -0.480. The highest BCUT2D eigenvalue weighted by Gasteiger charge is 2.31. The molecule has 1 saturated heterocycles. The van der Waals surface area contributed by atoms with E-state index in [0.717, 1.165) is 6.92 Å². The lowest BCUT2D eigenvalue weighted by atomic mass is 10.2. The highest BCUT2D eigenvalue weighted by Crippen LogP contribution is 2.16. The molecule has 58 valence electrons. The van der Waals surface area contributed by atoms with Gasteiger partial charge in [0.15, 0.2) is 0 Å². The van der Waals surface area contributed by atoms with Gasteiger partial charge in [0.2, 0.25) is 5.72 Å². The lowest BCUT2D eigenvalue weighted by Gasteiger charge is -2.31. The topological polar surface area (TPSA) is 50.7 Å². The van der Waals surface area contributed by atoms with E-state index in [-0.39, 0.29) is 6.54 Å². The van der Waals surface area contributed by atoms with Crippen molar-refractivity contribution in [3.05, 3.63) is 4.91 Å². The van der Waals surface area contributed by atoms with Gasteiger partial charge in [-0.1, -0.05) is 0 Å². The molecule has 0 aromatic rings. The molecule has 0 saturated carbocycles. The maximum atomic E-state index is 10.4. The third kappa shape index (κ3) is 1.52. The first-order valence-electron chi connectivity index (χ1n) is 4.91. The van der Waals surface area contributed by atoms with Crippen LogP contribution >= 0.6 is 0 Å². The molecule has 1 aliphatic rings. The van der Waals surface area contributed by atoms with E-state index in [0.29, 0.717) is 5.31 Å². The molecule has 4 heteroatoms. The summed E-state index contributed by atoms with van der Waals surface area (Å²) in [6.07, 6.45) is -1.99. The SMILES string of the molecule is [2H]N1CC(C)(N=O)OC([2H])(C)C1([2H])[2H]. The van der Waals surface area contributed by atoms with Crippen LogP contribution in [0.5, 0.6) is 0 Å². The van der Waals surface area contributed by atoms with Crippen molar-refractivity contribution in [2.75, 3.05) is 13.0 Å². The minimum atomic E-state index is -2.27. The van der Waals surface area contributed by atoms with Crippen LogP contribution in [-0.2, 0) is 4.74 Å². The Morgan fingerprint density at radius 1 is 2.20 bits per heavy atom. The zero-order valence-electron chi connectivity index (χ0n) is 9.92. The summed E-state index contributed by atoms with van der Waals surface area (Å²) in [5, 5.41) is 3.19. The monoisotopic (exact) mass is 148 g/mol. The summed E-state index contributed by atoms with van der Waals surface area (Å²) in [7, 11) is 0. The fourth-order valence-corrected chi connectivity index (χ4v) is 0.730. The third-order valence-corrected chi connectivity index (χ3v) is 1.18. The summed E-state index contributed by atoms with van der Waals surface area (Å²) in [6, 6.07) is 0. The van der Waals surface area contributed by atoms with Crippen LogP contribution in [0.3, 0.4) is 0 Å². The number of nitroso groups, excluding NO2 is 1. The van der Waals surface area contributed by atoms with E-state index in [1.807, 2.05) is 0 Å². The number of hydrogen-bond acceptors (Lipinski definition) is 4. The Labute approximate surface area is 65.6 Å². The van der Waals surface area contributed by atoms with Crippen molar-refractivity contribution < 1.29 is 10.3 Å². The van der Waals surface area contributed by atoms with Crippen molar-refractivity contribution in [2.45, 2.75) is 25.7 Å². The van der Waals surface area contributed by atoms with Crippen LogP contribution in [0.4, 0.5) is 0 Å². The third-order valence-electron chi connectivity index (χ3n) is 1.18. The molecule has 0 amide bonds. The van der Waals surface area contributed by atoms with E-state index < -0.39 is 18.3 Å². The maximum absolute atomic E-state index is 10.4. The van der Waals surface area contributed by atoms with Crippen LogP contribution in [0.15, 0.2) is 5.18 Å². The van der Waals surface area contributed by atoms with Crippen LogP contribution in [0.1, 0.15) is 18.0 Å². The van der Waals surface area contributed by atoms with Gasteiger partial charge in [-0.2, -0.15) is 0 Å². The van der Waals surface area contributed by atoms with Crippen LogP contribution in [0.2, 0.25) is 1.41 Å². The first-order chi connectivity index (χ1) is 6.15. The Morgan fingerprint density at radius 2 is 2.90 bits per heavy atom. The molecule has 1 rings (SSSR count). The van der Waals surface area contributed by atoms with Gasteiger partial charge in [-0.25, -0.2) is 0 Å². The average molecular weight is 148 g/mol. The zero-order chi connectivity index (χ0) is 11.2. The second-order valence-electron chi connectivity index (χ2n) is 2.35. The van der Waals surface area contributed by atoms with Crippen molar-refractivity contribution in [3.8, 4) is 0 Å². The minimum absolute atomic E-state index is 0.294. The highest BCUT2D eigenvalue weighted by atomic mass is 16.5. The zero-order valence-corrected chi connectivity index (χ0v) is 5.92. The minimum Gasteiger partial charge on any atom is -0.345 e. The van der Waals surface area contributed by atoms with Gasteiger partial charge in [-0.05, 0) is 19.0 Å². The summed E-state index contributed by atoms with van der Waals surface area (Å²) in [4.78, 5) is 10.4. The Morgan fingerprint density at radius 3 is 3.40 bits per heavy atom. The molecule has 0 radical (unpaired) electrons. The summed E-state index contributed by atoms with van der Waals surface area (Å²) >= 11 is 0. The van der Waals surface area contributed by atoms with Crippen molar-refractivity contribution in [1.82, 2.24) is 5.31 Å². The number of rotatable bonds is 1. The second-order valence-corrected chi connectivity index (χ2v) is 2.35. The normalized spacial score (nSPS) is 61.4. The Kier molecular flexibility index (Phi) is 0.997. The van der Waals surface area contributed by atoms with Crippen molar-refractivity contribution in [1.29, 1.82) is 0 Å². The molecular weight excluding hydrogens is 132 g/mol. The molecule has 2 unspecified atom stereocenters. The van der Waals surface area contributed by atoms with Gasteiger partial charge in [0.05, 0.1) is 7.45 Å². The van der Waals surface area contributed by atoms with E-state index in [1.54, 1.807) is 0 Å². The fraction of sp³-hybridized carbons (Fsp3) is 1.00. The van der Waals surface area contributed by atoms with E-state index in [2.05, 4.69) is 5.18 Å². The molecule has 0 spiro atoms. The molecule has 1 aliphatic heterocycles. The molecule has 1 N–H and O–H groups in total. The van der Waals surface area contributed by atoms with E-state index in [4.69, 9.17) is 10.3 Å². The van der Waals surface area contributed by atoms with Gasteiger partial charge in [0.25, 0.3) is 0 Å². The van der Waals surface area contributed by atoms with Crippen molar-refractivity contribution in [3.63, 3.8) is 0 Å². The van der Waals surface area contributed by atoms with Crippen molar-refractivity contribution >= 4 is 0 Å². The number of nitrogens with zero attached hydrogens (tertiary/aromatic N) is 1. The second kappa shape index (κ2) is 2.64. The standard InChI is InChI=1S/C6H12N2O2/c1-5-3-7-4-6(2,8-9)10-5/h5,7H,3-4H2,1-2H3/i3D2,5D/hD. The molecule has 0 aromatic heterocycles. The molecule has 1 fully saturated rings. The number of morpholine rings is 1. The van der Waals surface area contributed by atoms with Crippen molar-refractivity contribution in [2.24, 2.45) is 5.18 Å². The largest absolute Gasteiger partial charge is 0.345 e. The van der Waals surface area contributed by atoms with Gasteiger partial charge in [-0.15, -0.1) is 4.91 Å².